The van der Waals surface area contributed by atoms with Crippen molar-refractivity contribution in [2.24, 2.45) is 0 Å². The fourth-order valence-corrected chi connectivity index (χ4v) is 3.37. The number of imidazole rings is 1. The molecule has 0 unspecified atom stereocenters. The van der Waals surface area contributed by atoms with Crippen LogP contribution in [0.25, 0.3) is 16.6 Å². The van der Waals surface area contributed by atoms with Crippen molar-refractivity contribution >= 4 is 22.5 Å². The van der Waals surface area contributed by atoms with Crippen LogP contribution in [-0.2, 0) is 11.3 Å². The van der Waals surface area contributed by atoms with Crippen molar-refractivity contribution in [3.63, 3.8) is 0 Å². The van der Waals surface area contributed by atoms with Gasteiger partial charge in [-0.3, -0.25) is 4.68 Å². The number of rotatable bonds is 7. The van der Waals surface area contributed by atoms with Crippen molar-refractivity contribution in [1.82, 2.24) is 19.3 Å². The molecule has 0 radical (unpaired) electrons. The Morgan fingerprint density at radius 1 is 1.15 bits per heavy atom. The second kappa shape index (κ2) is 7.82. The molecule has 4 rings (SSSR count). The van der Waals surface area contributed by atoms with Crippen LogP contribution in [0.3, 0.4) is 0 Å². The predicted molar refractivity (Wildman–Crippen MR) is 105 cm³/mol. The summed E-state index contributed by atoms with van der Waals surface area (Å²) in [6.07, 6.45) is 7.13. The molecule has 0 fully saturated rings. The summed E-state index contributed by atoms with van der Waals surface area (Å²) >= 11 is 6.59. The molecular formula is C20H19ClN4O2. The summed E-state index contributed by atoms with van der Waals surface area (Å²) in [6, 6.07) is 12.0. The number of benzene rings is 2. The van der Waals surface area contributed by atoms with E-state index < -0.39 is 0 Å². The van der Waals surface area contributed by atoms with Crippen LogP contribution in [0.4, 0.5) is 0 Å². The van der Waals surface area contributed by atoms with Gasteiger partial charge in [0.05, 0.1) is 36.4 Å². The third-order valence-electron chi connectivity index (χ3n) is 4.29. The lowest BCUT2D eigenvalue weighted by Gasteiger charge is -2.14. The zero-order valence-corrected chi connectivity index (χ0v) is 15.6. The number of aromatic nitrogens is 4. The number of hydrogen-bond acceptors (Lipinski definition) is 4. The molecule has 0 atom stereocenters. The highest BCUT2D eigenvalue weighted by Crippen LogP contribution is 2.37. The van der Waals surface area contributed by atoms with E-state index in [4.69, 9.17) is 21.1 Å². The molecule has 0 aliphatic rings. The standard InChI is InChI=1S/C20H19ClN4O2/c1-26-9-10-27-18-11-17(21)19(24-8-7-22-14-24)16-12-23-25(20(16)18)13-15-5-3-2-4-6-15/h2-8,11-12,14H,9-10,13H2,1H3. The van der Waals surface area contributed by atoms with E-state index in [2.05, 4.69) is 22.2 Å². The highest BCUT2D eigenvalue weighted by Gasteiger charge is 2.18. The molecule has 2 heterocycles. The number of methoxy groups -OCH3 is 1. The summed E-state index contributed by atoms with van der Waals surface area (Å²) in [5.41, 5.74) is 2.88. The molecule has 7 heteroatoms. The highest BCUT2D eigenvalue weighted by atomic mass is 35.5. The molecular weight excluding hydrogens is 364 g/mol. The topological polar surface area (TPSA) is 54.1 Å². The molecule has 27 heavy (non-hydrogen) atoms. The van der Waals surface area contributed by atoms with E-state index in [0.29, 0.717) is 30.5 Å². The Balaban J connectivity index is 1.85. The maximum absolute atomic E-state index is 6.59. The molecule has 4 aromatic rings. The van der Waals surface area contributed by atoms with E-state index in [1.54, 1.807) is 19.6 Å². The molecule has 2 aromatic carbocycles. The largest absolute Gasteiger partial charge is 0.489 e. The Bertz CT molecular complexity index is 1030. The second-order valence-corrected chi connectivity index (χ2v) is 6.47. The van der Waals surface area contributed by atoms with Crippen LogP contribution in [0.1, 0.15) is 5.56 Å². The first kappa shape index (κ1) is 17.6. The van der Waals surface area contributed by atoms with Crippen LogP contribution in [-0.4, -0.2) is 39.7 Å². The predicted octanol–water partition coefficient (Wildman–Crippen LogP) is 3.95. The fourth-order valence-electron chi connectivity index (χ4n) is 3.07. The molecule has 0 saturated carbocycles. The summed E-state index contributed by atoms with van der Waals surface area (Å²) < 4.78 is 14.9. The van der Waals surface area contributed by atoms with Crippen molar-refractivity contribution < 1.29 is 9.47 Å². The van der Waals surface area contributed by atoms with Gasteiger partial charge in [0.1, 0.15) is 17.9 Å². The first-order chi connectivity index (χ1) is 13.3. The summed E-state index contributed by atoms with van der Waals surface area (Å²) in [7, 11) is 1.65. The lowest BCUT2D eigenvalue weighted by molar-refractivity contribution is 0.147. The summed E-state index contributed by atoms with van der Waals surface area (Å²) in [5, 5.41) is 6.09. The molecule has 0 bridgehead atoms. The van der Waals surface area contributed by atoms with Crippen LogP contribution < -0.4 is 4.74 Å². The Morgan fingerprint density at radius 3 is 2.74 bits per heavy atom. The van der Waals surface area contributed by atoms with E-state index in [-0.39, 0.29) is 0 Å². The average molecular weight is 383 g/mol. The lowest BCUT2D eigenvalue weighted by atomic mass is 10.2. The third-order valence-corrected chi connectivity index (χ3v) is 4.58. The molecule has 0 aliphatic heterocycles. The molecule has 0 N–H and O–H groups in total. The van der Waals surface area contributed by atoms with Gasteiger partial charge in [-0.25, -0.2) is 4.98 Å². The summed E-state index contributed by atoms with van der Waals surface area (Å²) in [5.74, 6) is 0.685. The van der Waals surface area contributed by atoms with E-state index in [9.17, 15) is 0 Å². The van der Waals surface area contributed by atoms with Gasteiger partial charge in [-0.05, 0) is 5.56 Å². The van der Waals surface area contributed by atoms with Crippen LogP contribution >= 0.6 is 11.6 Å². The first-order valence-electron chi connectivity index (χ1n) is 8.60. The van der Waals surface area contributed by atoms with E-state index in [0.717, 1.165) is 22.2 Å². The molecule has 0 saturated heterocycles. The molecule has 6 nitrogen and oxygen atoms in total. The first-order valence-corrected chi connectivity index (χ1v) is 8.97. The molecule has 0 amide bonds. The number of fused-ring (bicyclic) bond motifs is 1. The maximum atomic E-state index is 6.59. The van der Waals surface area contributed by atoms with Gasteiger partial charge in [0.2, 0.25) is 0 Å². The summed E-state index contributed by atoms with van der Waals surface area (Å²) in [6.45, 7) is 1.56. The Hall–Kier alpha value is -2.83. The van der Waals surface area contributed by atoms with E-state index >= 15 is 0 Å². The highest BCUT2D eigenvalue weighted by molar-refractivity contribution is 6.34. The molecule has 0 spiro atoms. The smallest absolute Gasteiger partial charge is 0.146 e. The van der Waals surface area contributed by atoms with Gasteiger partial charge in [0, 0.05) is 31.0 Å². The van der Waals surface area contributed by atoms with Crippen LogP contribution in [0, 0.1) is 0 Å². The van der Waals surface area contributed by atoms with Gasteiger partial charge in [-0.2, -0.15) is 5.10 Å². The Labute approximate surface area is 161 Å². The maximum Gasteiger partial charge on any atom is 0.146 e. The van der Waals surface area contributed by atoms with Crippen molar-refractivity contribution in [3.05, 3.63) is 71.9 Å². The quantitative estimate of drug-likeness (QED) is 0.454. The SMILES string of the molecule is COCCOc1cc(Cl)c(-n2ccnc2)c2cnn(Cc3ccccc3)c12. The number of ether oxygens (including phenoxy) is 2. The van der Waals surface area contributed by atoms with Gasteiger partial charge in [-0.15, -0.1) is 0 Å². The zero-order chi connectivity index (χ0) is 18.6. The van der Waals surface area contributed by atoms with Crippen molar-refractivity contribution in [3.8, 4) is 11.4 Å². The third kappa shape index (κ3) is 3.54. The zero-order valence-electron chi connectivity index (χ0n) is 14.9. The van der Waals surface area contributed by atoms with Crippen molar-refractivity contribution in [2.75, 3.05) is 20.3 Å². The van der Waals surface area contributed by atoms with E-state index in [1.807, 2.05) is 45.9 Å². The number of halogens is 1. The minimum atomic E-state index is 0.433. The molecule has 138 valence electrons. The number of nitrogens with zero attached hydrogens (tertiary/aromatic N) is 4. The van der Waals surface area contributed by atoms with Crippen LogP contribution in [0.5, 0.6) is 5.75 Å². The minimum Gasteiger partial charge on any atom is -0.489 e. The van der Waals surface area contributed by atoms with Crippen molar-refractivity contribution in [2.45, 2.75) is 6.54 Å². The van der Waals surface area contributed by atoms with Gasteiger partial charge in [-0.1, -0.05) is 41.9 Å². The fraction of sp³-hybridized carbons (Fsp3) is 0.200. The average Bonchev–Trinajstić information content (AvgIpc) is 3.34. The Morgan fingerprint density at radius 2 is 2.00 bits per heavy atom. The van der Waals surface area contributed by atoms with Gasteiger partial charge < -0.3 is 14.0 Å². The summed E-state index contributed by atoms with van der Waals surface area (Å²) in [4.78, 5) is 4.13. The number of hydrogen-bond donors (Lipinski definition) is 0. The lowest BCUT2D eigenvalue weighted by Crippen LogP contribution is -2.08. The normalized spacial score (nSPS) is 11.2. The van der Waals surface area contributed by atoms with E-state index in [1.165, 1.54) is 0 Å². The monoisotopic (exact) mass is 382 g/mol. The second-order valence-electron chi connectivity index (χ2n) is 6.07. The molecule has 0 aliphatic carbocycles. The van der Waals surface area contributed by atoms with Crippen LogP contribution in [0.15, 0.2) is 61.3 Å². The molecule has 2 aromatic heterocycles. The Kier molecular flexibility index (Phi) is 5.09. The van der Waals surface area contributed by atoms with Crippen LogP contribution in [0.2, 0.25) is 5.02 Å². The van der Waals surface area contributed by atoms with Gasteiger partial charge in [0.15, 0.2) is 0 Å². The van der Waals surface area contributed by atoms with Gasteiger partial charge >= 0.3 is 0 Å². The van der Waals surface area contributed by atoms with Crippen molar-refractivity contribution in [1.29, 1.82) is 0 Å². The minimum absolute atomic E-state index is 0.433. The van der Waals surface area contributed by atoms with Gasteiger partial charge in [0.25, 0.3) is 0 Å².